The second kappa shape index (κ2) is 8.87. The smallest absolute Gasteiger partial charge is 0.313 e. The first kappa shape index (κ1) is 19.1. The summed E-state index contributed by atoms with van der Waals surface area (Å²) in [6.07, 6.45) is 7.05. The van der Waals surface area contributed by atoms with Gasteiger partial charge in [-0.2, -0.15) is 0 Å². The van der Waals surface area contributed by atoms with E-state index in [0.717, 1.165) is 16.5 Å². The molecule has 8 heteroatoms. The summed E-state index contributed by atoms with van der Waals surface area (Å²) in [5, 5.41) is 6.32. The number of benzene rings is 2. The Labute approximate surface area is 172 Å². The van der Waals surface area contributed by atoms with Crippen LogP contribution < -0.4 is 15.4 Å². The number of nitrogens with one attached hydrogen (secondary N) is 3. The maximum Gasteiger partial charge on any atom is 0.313 e. The lowest BCUT2D eigenvalue weighted by atomic mass is 10.1. The number of aromatic amines is 1. The molecule has 8 nitrogen and oxygen atoms in total. The molecule has 2 amide bonds. The van der Waals surface area contributed by atoms with Crippen molar-refractivity contribution in [2.45, 2.75) is 6.42 Å². The van der Waals surface area contributed by atoms with Gasteiger partial charge in [-0.3, -0.25) is 14.6 Å². The molecule has 4 aromatic rings. The number of H-pyrrole nitrogens is 1. The number of hydrogen-bond acceptors (Lipinski definition) is 5. The summed E-state index contributed by atoms with van der Waals surface area (Å²) in [6.45, 7) is 0.359. The van der Waals surface area contributed by atoms with E-state index in [1.54, 1.807) is 30.5 Å². The summed E-state index contributed by atoms with van der Waals surface area (Å²) in [5.41, 5.74) is 2.58. The second-order valence-corrected chi connectivity index (χ2v) is 6.53. The molecule has 0 aliphatic rings. The van der Waals surface area contributed by atoms with Crippen LogP contribution in [-0.4, -0.2) is 33.3 Å². The van der Waals surface area contributed by atoms with Gasteiger partial charge in [0.2, 0.25) is 5.88 Å². The third-order valence-electron chi connectivity index (χ3n) is 4.38. The van der Waals surface area contributed by atoms with Crippen LogP contribution in [0.2, 0.25) is 0 Å². The largest absolute Gasteiger partial charge is 0.437 e. The molecule has 0 saturated carbocycles. The minimum atomic E-state index is -0.743. The lowest BCUT2D eigenvalue weighted by Gasteiger charge is -2.09. The second-order valence-electron chi connectivity index (χ2n) is 6.53. The minimum Gasteiger partial charge on any atom is -0.437 e. The van der Waals surface area contributed by atoms with Gasteiger partial charge in [-0.15, -0.1) is 0 Å². The van der Waals surface area contributed by atoms with Crippen molar-refractivity contribution in [1.29, 1.82) is 0 Å². The number of rotatable bonds is 6. The van der Waals surface area contributed by atoms with Gasteiger partial charge in [0.25, 0.3) is 0 Å². The Morgan fingerprint density at radius 2 is 1.97 bits per heavy atom. The molecule has 0 unspecified atom stereocenters. The van der Waals surface area contributed by atoms with E-state index in [2.05, 4.69) is 31.7 Å². The lowest BCUT2D eigenvalue weighted by Crippen LogP contribution is -2.36. The zero-order valence-electron chi connectivity index (χ0n) is 16.0. The highest BCUT2D eigenvalue weighted by molar-refractivity contribution is 6.39. The van der Waals surface area contributed by atoms with E-state index >= 15 is 0 Å². The SMILES string of the molecule is O=C(NCCc1ccc2[nH]ccc2c1)C(=O)Nc1cccc(Oc2cnccn2)c1. The van der Waals surface area contributed by atoms with Gasteiger partial charge in [0.15, 0.2) is 0 Å². The summed E-state index contributed by atoms with van der Waals surface area (Å²) in [5.74, 6) is -0.642. The van der Waals surface area contributed by atoms with Crippen molar-refractivity contribution in [1.82, 2.24) is 20.3 Å². The molecule has 0 spiro atoms. The van der Waals surface area contributed by atoms with Gasteiger partial charge in [0.1, 0.15) is 5.75 Å². The molecular weight excluding hydrogens is 382 g/mol. The van der Waals surface area contributed by atoms with Crippen LogP contribution in [0, 0.1) is 0 Å². The molecule has 0 radical (unpaired) electrons. The molecule has 30 heavy (non-hydrogen) atoms. The molecule has 0 bridgehead atoms. The predicted molar refractivity (Wildman–Crippen MR) is 112 cm³/mol. The Bertz CT molecular complexity index is 1170. The van der Waals surface area contributed by atoms with Gasteiger partial charge in [-0.1, -0.05) is 12.1 Å². The number of nitrogens with zero attached hydrogens (tertiary/aromatic N) is 2. The van der Waals surface area contributed by atoms with Crippen molar-refractivity contribution >= 4 is 28.4 Å². The fourth-order valence-electron chi connectivity index (χ4n) is 2.94. The number of carbonyl (C=O) groups excluding carboxylic acids is 2. The van der Waals surface area contributed by atoms with Crippen LogP contribution in [0.4, 0.5) is 5.69 Å². The molecule has 2 aromatic heterocycles. The predicted octanol–water partition coefficient (Wildman–Crippen LogP) is 3.05. The monoisotopic (exact) mass is 401 g/mol. The Morgan fingerprint density at radius 3 is 2.83 bits per heavy atom. The van der Waals surface area contributed by atoms with Gasteiger partial charge >= 0.3 is 11.8 Å². The third-order valence-corrected chi connectivity index (χ3v) is 4.38. The number of hydrogen-bond donors (Lipinski definition) is 3. The average Bonchev–Trinajstić information content (AvgIpc) is 3.22. The van der Waals surface area contributed by atoms with E-state index < -0.39 is 11.8 Å². The highest BCUT2D eigenvalue weighted by atomic mass is 16.5. The number of aromatic nitrogens is 3. The van der Waals surface area contributed by atoms with E-state index in [0.29, 0.717) is 30.3 Å². The van der Waals surface area contributed by atoms with Gasteiger partial charge in [-0.05, 0) is 47.7 Å². The molecule has 0 aliphatic heterocycles. The maximum atomic E-state index is 12.2. The number of carbonyl (C=O) groups is 2. The molecule has 0 fully saturated rings. The number of fused-ring (bicyclic) bond motifs is 1. The van der Waals surface area contributed by atoms with Crippen LogP contribution >= 0.6 is 0 Å². The Morgan fingerprint density at radius 1 is 1.03 bits per heavy atom. The van der Waals surface area contributed by atoms with Crippen LogP contribution in [0.1, 0.15) is 5.56 Å². The van der Waals surface area contributed by atoms with Crippen molar-refractivity contribution in [2.75, 3.05) is 11.9 Å². The normalized spacial score (nSPS) is 10.5. The van der Waals surface area contributed by atoms with Gasteiger partial charge in [0.05, 0.1) is 6.20 Å². The van der Waals surface area contributed by atoms with Crippen molar-refractivity contribution in [3.05, 3.63) is 78.9 Å². The number of ether oxygens (including phenoxy) is 1. The number of anilines is 1. The first-order valence-electron chi connectivity index (χ1n) is 9.36. The van der Waals surface area contributed by atoms with E-state index in [-0.39, 0.29) is 0 Å². The molecule has 150 valence electrons. The Hall–Kier alpha value is -4.20. The van der Waals surface area contributed by atoms with E-state index in [9.17, 15) is 9.59 Å². The Kier molecular flexibility index (Phi) is 5.66. The summed E-state index contributed by atoms with van der Waals surface area (Å²) in [7, 11) is 0. The highest BCUT2D eigenvalue weighted by Crippen LogP contribution is 2.22. The minimum absolute atomic E-state index is 0.330. The van der Waals surface area contributed by atoms with Crippen LogP contribution in [0.15, 0.2) is 73.3 Å². The molecule has 4 rings (SSSR count). The average molecular weight is 401 g/mol. The number of amides is 2. The first-order chi connectivity index (χ1) is 14.7. The van der Waals surface area contributed by atoms with Crippen LogP contribution in [0.3, 0.4) is 0 Å². The van der Waals surface area contributed by atoms with E-state index in [1.165, 1.54) is 12.4 Å². The fraction of sp³-hybridized carbons (Fsp3) is 0.0909. The third kappa shape index (κ3) is 4.79. The van der Waals surface area contributed by atoms with E-state index in [1.807, 2.05) is 24.4 Å². The highest BCUT2D eigenvalue weighted by Gasteiger charge is 2.13. The van der Waals surface area contributed by atoms with Crippen molar-refractivity contribution < 1.29 is 14.3 Å². The molecular formula is C22H19N5O3. The zero-order valence-corrected chi connectivity index (χ0v) is 16.0. The molecule has 0 atom stereocenters. The molecule has 0 aliphatic carbocycles. The van der Waals surface area contributed by atoms with Crippen LogP contribution in [0.5, 0.6) is 11.6 Å². The van der Waals surface area contributed by atoms with Gasteiger partial charge in [-0.25, -0.2) is 4.98 Å². The van der Waals surface area contributed by atoms with E-state index in [4.69, 9.17) is 4.74 Å². The first-order valence-corrected chi connectivity index (χ1v) is 9.36. The summed E-state index contributed by atoms with van der Waals surface area (Å²) >= 11 is 0. The molecule has 0 saturated heterocycles. The molecule has 3 N–H and O–H groups in total. The summed E-state index contributed by atoms with van der Waals surface area (Å²) < 4.78 is 5.57. The fourth-order valence-corrected chi connectivity index (χ4v) is 2.94. The molecule has 2 heterocycles. The van der Waals surface area contributed by atoms with Crippen molar-refractivity contribution in [3.63, 3.8) is 0 Å². The van der Waals surface area contributed by atoms with Gasteiger partial charge < -0.3 is 20.4 Å². The van der Waals surface area contributed by atoms with Crippen molar-refractivity contribution in [2.24, 2.45) is 0 Å². The standard InChI is InChI=1S/C22H19N5O3/c28-21(26-8-6-15-4-5-19-16(12-15)7-9-24-19)22(29)27-17-2-1-3-18(13-17)30-20-14-23-10-11-25-20/h1-5,7,9-14,24H,6,8H2,(H,26,28)(H,27,29). The quantitative estimate of drug-likeness (QED) is 0.430. The summed E-state index contributed by atoms with van der Waals surface area (Å²) in [6, 6.07) is 14.7. The maximum absolute atomic E-state index is 12.2. The Balaban J connectivity index is 1.28. The topological polar surface area (TPSA) is 109 Å². The molecule has 2 aromatic carbocycles. The van der Waals surface area contributed by atoms with Gasteiger partial charge in [0, 0.05) is 42.4 Å². The van der Waals surface area contributed by atoms with Crippen LogP contribution in [0.25, 0.3) is 10.9 Å². The lowest BCUT2D eigenvalue weighted by molar-refractivity contribution is -0.136. The van der Waals surface area contributed by atoms with Crippen molar-refractivity contribution in [3.8, 4) is 11.6 Å². The summed E-state index contributed by atoms with van der Waals surface area (Å²) in [4.78, 5) is 35.4. The van der Waals surface area contributed by atoms with Crippen LogP contribution in [-0.2, 0) is 16.0 Å². The zero-order chi connectivity index (χ0) is 20.8.